The average molecular weight is 181 g/mol. The van der Waals surface area contributed by atoms with Crippen molar-refractivity contribution in [3.8, 4) is 0 Å². The molecular weight excluding hydrogens is 162 g/mol. The summed E-state index contributed by atoms with van der Waals surface area (Å²) >= 11 is 0. The fourth-order valence-electron chi connectivity index (χ4n) is 1.37. The largest absolute Gasteiger partial charge is 0.478 e. The fourth-order valence-corrected chi connectivity index (χ4v) is 1.37. The molecule has 0 fully saturated rings. The molecule has 1 aliphatic heterocycles. The SMILES string of the molecule is C=CCC(C)C1=NC(C(C)C)CO1. The maximum absolute atomic E-state index is 5.54. The van der Waals surface area contributed by atoms with Crippen molar-refractivity contribution in [2.24, 2.45) is 16.8 Å². The van der Waals surface area contributed by atoms with Gasteiger partial charge in [0.2, 0.25) is 0 Å². The molecule has 2 unspecified atom stereocenters. The highest BCUT2D eigenvalue weighted by molar-refractivity contribution is 5.80. The number of allylic oxidation sites excluding steroid dienone is 1. The first kappa shape index (κ1) is 10.3. The molecule has 0 spiro atoms. The van der Waals surface area contributed by atoms with E-state index in [-0.39, 0.29) is 0 Å². The Hall–Kier alpha value is -0.790. The smallest absolute Gasteiger partial charge is 0.186 e. The Morgan fingerprint density at radius 1 is 1.62 bits per heavy atom. The molecule has 1 heterocycles. The summed E-state index contributed by atoms with van der Waals surface area (Å²) in [6, 6.07) is 0.363. The average Bonchev–Trinajstić information content (AvgIpc) is 2.52. The van der Waals surface area contributed by atoms with Crippen molar-refractivity contribution < 1.29 is 4.74 Å². The predicted molar refractivity (Wildman–Crippen MR) is 56.0 cm³/mol. The minimum Gasteiger partial charge on any atom is -0.478 e. The molecule has 0 aromatic carbocycles. The summed E-state index contributed by atoms with van der Waals surface area (Å²) in [4.78, 5) is 4.55. The van der Waals surface area contributed by atoms with Gasteiger partial charge < -0.3 is 4.74 Å². The van der Waals surface area contributed by atoms with E-state index in [9.17, 15) is 0 Å². The molecule has 0 N–H and O–H groups in total. The highest BCUT2D eigenvalue weighted by Crippen LogP contribution is 2.18. The van der Waals surface area contributed by atoms with Crippen molar-refractivity contribution >= 4 is 5.90 Å². The van der Waals surface area contributed by atoms with E-state index in [1.807, 2.05) is 6.08 Å². The molecule has 74 valence electrons. The van der Waals surface area contributed by atoms with Crippen LogP contribution in [-0.2, 0) is 4.74 Å². The van der Waals surface area contributed by atoms with Crippen LogP contribution in [0.25, 0.3) is 0 Å². The van der Waals surface area contributed by atoms with Gasteiger partial charge in [-0.3, -0.25) is 0 Å². The number of aliphatic imine (C=N–C) groups is 1. The molecule has 0 saturated heterocycles. The number of hydrogen-bond donors (Lipinski definition) is 0. The summed E-state index contributed by atoms with van der Waals surface area (Å²) in [6.45, 7) is 11.0. The first-order valence-corrected chi connectivity index (χ1v) is 4.96. The summed E-state index contributed by atoms with van der Waals surface area (Å²) in [7, 11) is 0. The van der Waals surface area contributed by atoms with Crippen LogP contribution in [0.3, 0.4) is 0 Å². The normalized spacial score (nSPS) is 24.0. The van der Waals surface area contributed by atoms with Gasteiger partial charge in [0.25, 0.3) is 0 Å². The van der Waals surface area contributed by atoms with Gasteiger partial charge in [-0.15, -0.1) is 6.58 Å². The molecule has 0 radical (unpaired) electrons. The monoisotopic (exact) mass is 181 g/mol. The van der Waals surface area contributed by atoms with Gasteiger partial charge >= 0.3 is 0 Å². The minimum absolute atomic E-state index is 0.363. The molecule has 2 heteroatoms. The molecule has 0 aliphatic carbocycles. The highest BCUT2D eigenvalue weighted by atomic mass is 16.5. The molecule has 1 aliphatic rings. The molecule has 13 heavy (non-hydrogen) atoms. The Bertz CT molecular complexity index is 208. The van der Waals surface area contributed by atoms with Gasteiger partial charge in [0.15, 0.2) is 5.90 Å². The van der Waals surface area contributed by atoms with E-state index >= 15 is 0 Å². The van der Waals surface area contributed by atoms with Crippen molar-refractivity contribution in [2.75, 3.05) is 6.61 Å². The van der Waals surface area contributed by atoms with Gasteiger partial charge in [-0.25, -0.2) is 4.99 Å². The molecule has 2 nitrogen and oxygen atoms in total. The lowest BCUT2D eigenvalue weighted by molar-refractivity contribution is 0.278. The predicted octanol–water partition coefficient (Wildman–Crippen LogP) is 2.65. The zero-order valence-corrected chi connectivity index (χ0v) is 8.79. The van der Waals surface area contributed by atoms with Gasteiger partial charge in [0.05, 0.1) is 6.04 Å². The summed E-state index contributed by atoms with van der Waals surface area (Å²) in [5.41, 5.74) is 0. The number of ether oxygens (including phenoxy) is 1. The van der Waals surface area contributed by atoms with Crippen molar-refractivity contribution in [3.63, 3.8) is 0 Å². The minimum atomic E-state index is 0.363. The summed E-state index contributed by atoms with van der Waals surface area (Å²) < 4.78 is 5.54. The standard InChI is InChI=1S/C11H19NO/c1-5-6-9(4)11-12-10(7-13-11)8(2)3/h5,8-10H,1,6-7H2,2-4H3. The molecule has 2 atom stereocenters. The van der Waals surface area contributed by atoms with Gasteiger partial charge in [-0.2, -0.15) is 0 Å². The first-order chi connectivity index (χ1) is 6.15. The number of rotatable bonds is 4. The van der Waals surface area contributed by atoms with Crippen molar-refractivity contribution in [3.05, 3.63) is 12.7 Å². The van der Waals surface area contributed by atoms with E-state index in [4.69, 9.17) is 4.74 Å². The van der Waals surface area contributed by atoms with Gasteiger partial charge in [0.1, 0.15) is 6.61 Å². The third-order valence-electron chi connectivity index (χ3n) is 2.41. The van der Waals surface area contributed by atoms with Crippen LogP contribution in [0.5, 0.6) is 0 Å². The second-order valence-corrected chi connectivity index (χ2v) is 4.02. The van der Waals surface area contributed by atoms with Crippen LogP contribution in [0.4, 0.5) is 0 Å². The quantitative estimate of drug-likeness (QED) is 0.611. The van der Waals surface area contributed by atoms with E-state index in [2.05, 4.69) is 32.3 Å². The molecule has 0 amide bonds. The molecular formula is C11H19NO. The second-order valence-electron chi connectivity index (χ2n) is 4.02. The molecule has 0 aromatic rings. The van der Waals surface area contributed by atoms with E-state index in [0.717, 1.165) is 18.9 Å². The Morgan fingerprint density at radius 2 is 2.31 bits per heavy atom. The zero-order valence-electron chi connectivity index (χ0n) is 8.79. The lowest BCUT2D eigenvalue weighted by Crippen LogP contribution is -2.13. The summed E-state index contributed by atoms with van der Waals surface area (Å²) in [5.74, 6) is 1.88. The zero-order chi connectivity index (χ0) is 9.84. The van der Waals surface area contributed by atoms with Crippen molar-refractivity contribution in [2.45, 2.75) is 33.2 Å². The number of hydrogen-bond acceptors (Lipinski definition) is 2. The topological polar surface area (TPSA) is 21.6 Å². The molecule has 0 saturated carbocycles. The van der Waals surface area contributed by atoms with Crippen molar-refractivity contribution in [1.29, 1.82) is 0 Å². The van der Waals surface area contributed by atoms with Crippen molar-refractivity contribution in [1.82, 2.24) is 0 Å². The Kier molecular flexibility index (Phi) is 3.52. The van der Waals surface area contributed by atoms with Gasteiger partial charge in [0, 0.05) is 5.92 Å². The van der Waals surface area contributed by atoms with Crippen LogP contribution in [0.1, 0.15) is 27.2 Å². The van der Waals surface area contributed by atoms with E-state index in [1.165, 1.54) is 0 Å². The maximum Gasteiger partial charge on any atom is 0.186 e. The summed E-state index contributed by atoms with van der Waals surface area (Å²) in [6.07, 6.45) is 2.86. The van der Waals surface area contributed by atoms with Crippen LogP contribution in [-0.4, -0.2) is 18.5 Å². The molecule has 0 bridgehead atoms. The molecule has 0 aromatic heterocycles. The van der Waals surface area contributed by atoms with Crippen LogP contribution < -0.4 is 0 Å². The Labute approximate surface area is 80.7 Å². The molecule has 1 rings (SSSR count). The van der Waals surface area contributed by atoms with Crippen LogP contribution >= 0.6 is 0 Å². The second kappa shape index (κ2) is 4.45. The number of nitrogens with zero attached hydrogens (tertiary/aromatic N) is 1. The Balaban J connectivity index is 2.53. The van der Waals surface area contributed by atoms with E-state index in [1.54, 1.807) is 0 Å². The van der Waals surface area contributed by atoms with Crippen LogP contribution in [0, 0.1) is 11.8 Å². The van der Waals surface area contributed by atoms with Crippen LogP contribution in [0.2, 0.25) is 0 Å². The first-order valence-electron chi connectivity index (χ1n) is 4.96. The third-order valence-corrected chi connectivity index (χ3v) is 2.41. The summed E-state index contributed by atoms with van der Waals surface area (Å²) in [5, 5.41) is 0. The van der Waals surface area contributed by atoms with E-state index in [0.29, 0.717) is 17.9 Å². The Morgan fingerprint density at radius 3 is 2.77 bits per heavy atom. The van der Waals surface area contributed by atoms with Gasteiger partial charge in [-0.1, -0.05) is 26.8 Å². The highest BCUT2D eigenvalue weighted by Gasteiger charge is 2.24. The lowest BCUT2D eigenvalue weighted by Gasteiger charge is -2.07. The maximum atomic E-state index is 5.54. The van der Waals surface area contributed by atoms with E-state index < -0.39 is 0 Å². The fraction of sp³-hybridized carbons (Fsp3) is 0.727. The lowest BCUT2D eigenvalue weighted by atomic mass is 10.1. The van der Waals surface area contributed by atoms with Crippen LogP contribution in [0.15, 0.2) is 17.6 Å². The third kappa shape index (κ3) is 2.58. The van der Waals surface area contributed by atoms with Gasteiger partial charge in [-0.05, 0) is 12.3 Å².